The first-order valence-electron chi connectivity index (χ1n) is 4.11. The van der Waals surface area contributed by atoms with Crippen LogP contribution >= 0.6 is 11.3 Å². The number of nitrogen functional groups attached to an aromatic ring is 1. The Labute approximate surface area is 96.3 Å². The zero-order chi connectivity index (χ0) is 12.5. The molecule has 0 aliphatic heterocycles. The van der Waals surface area contributed by atoms with Crippen molar-refractivity contribution in [2.24, 2.45) is 0 Å². The van der Waals surface area contributed by atoms with Gasteiger partial charge in [-0.3, -0.25) is 0 Å². The number of hydrogen-bond acceptors (Lipinski definition) is 7. The van der Waals surface area contributed by atoms with Crippen molar-refractivity contribution in [3.63, 3.8) is 0 Å². The zero-order valence-corrected chi connectivity index (χ0v) is 8.79. The van der Waals surface area contributed by atoms with Gasteiger partial charge in [0.15, 0.2) is 5.01 Å². The molecule has 0 unspecified atom stereocenters. The third kappa shape index (κ3) is 3.00. The summed E-state index contributed by atoms with van der Waals surface area (Å²) >= 11 is 1.05. The first-order chi connectivity index (χ1) is 7.94. The Bertz CT molecular complexity index is 511. The largest absolute Gasteiger partial charge is 0.574 e. The SMILES string of the molecule is Nc1nnc(-c2cnc(OC(F)(F)F)cn2)s1. The van der Waals surface area contributed by atoms with E-state index in [2.05, 4.69) is 24.9 Å². The maximum Gasteiger partial charge on any atom is 0.574 e. The van der Waals surface area contributed by atoms with Crippen LogP contribution in [0.25, 0.3) is 10.7 Å². The second-order valence-electron chi connectivity index (χ2n) is 2.73. The molecule has 2 aromatic rings. The molecule has 2 heterocycles. The van der Waals surface area contributed by atoms with Crippen molar-refractivity contribution in [1.82, 2.24) is 20.2 Å². The lowest BCUT2D eigenvalue weighted by molar-refractivity contribution is -0.276. The Morgan fingerprint density at radius 3 is 2.41 bits per heavy atom. The lowest BCUT2D eigenvalue weighted by atomic mass is 10.5. The summed E-state index contributed by atoms with van der Waals surface area (Å²) in [5.41, 5.74) is 5.62. The summed E-state index contributed by atoms with van der Waals surface area (Å²) in [6, 6.07) is 0. The molecule has 2 N–H and O–H groups in total. The molecular weight excluding hydrogens is 259 g/mol. The highest BCUT2D eigenvalue weighted by Crippen LogP contribution is 2.24. The fraction of sp³-hybridized carbons (Fsp3) is 0.143. The molecule has 2 aromatic heterocycles. The third-order valence-corrected chi connectivity index (χ3v) is 2.28. The van der Waals surface area contributed by atoms with Crippen LogP contribution in [0.5, 0.6) is 5.88 Å². The van der Waals surface area contributed by atoms with Crippen LogP contribution < -0.4 is 10.5 Å². The number of nitrogens with zero attached hydrogens (tertiary/aromatic N) is 4. The predicted octanol–water partition coefficient (Wildman–Crippen LogP) is 1.48. The number of nitrogens with two attached hydrogens (primary N) is 1. The number of aromatic nitrogens is 4. The highest BCUT2D eigenvalue weighted by molar-refractivity contribution is 7.18. The highest BCUT2D eigenvalue weighted by Gasteiger charge is 2.31. The van der Waals surface area contributed by atoms with E-state index in [-0.39, 0.29) is 10.8 Å². The monoisotopic (exact) mass is 263 g/mol. The molecule has 90 valence electrons. The van der Waals surface area contributed by atoms with Crippen LogP contribution in [0.4, 0.5) is 18.3 Å². The summed E-state index contributed by atoms with van der Waals surface area (Å²) < 4.78 is 39.1. The van der Waals surface area contributed by atoms with Gasteiger partial charge in [-0.25, -0.2) is 9.97 Å². The molecule has 0 aromatic carbocycles. The van der Waals surface area contributed by atoms with Crippen LogP contribution in [0.3, 0.4) is 0 Å². The Balaban J connectivity index is 2.19. The highest BCUT2D eigenvalue weighted by atomic mass is 32.1. The summed E-state index contributed by atoms with van der Waals surface area (Å²) in [4.78, 5) is 7.15. The van der Waals surface area contributed by atoms with Crippen molar-refractivity contribution in [2.45, 2.75) is 6.36 Å². The molecule has 0 saturated carbocycles. The number of anilines is 1. The molecular formula is C7H4F3N5OS. The van der Waals surface area contributed by atoms with Crippen molar-refractivity contribution in [3.05, 3.63) is 12.4 Å². The van der Waals surface area contributed by atoms with Crippen LogP contribution in [0.2, 0.25) is 0 Å². The summed E-state index contributed by atoms with van der Waals surface area (Å²) in [6.45, 7) is 0. The molecule has 2 rings (SSSR count). The van der Waals surface area contributed by atoms with Gasteiger partial charge in [-0.1, -0.05) is 11.3 Å². The van der Waals surface area contributed by atoms with Crippen LogP contribution in [0.1, 0.15) is 0 Å². The average Bonchev–Trinajstić information content (AvgIpc) is 2.63. The van der Waals surface area contributed by atoms with Crippen molar-refractivity contribution < 1.29 is 17.9 Å². The van der Waals surface area contributed by atoms with Gasteiger partial charge in [0.25, 0.3) is 0 Å². The van der Waals surface area contributed by atoms with E-state index >= 15 is 0 Å². The maximum absolute atomic E-state index is 11.8. The summed E-state index contributed by atoms with van der Waals surface area (Å²) in [7, 11) is 0. The maximum atomic E-state index is 11.8. The van der Waals surface area contributed by atoms with Crippen molar-refractivity contribution in [3.8, 4) is 16.6 Å². The topological polar surface area (TPSA) is 86.8 Å². The Morgan fingerprint density at radius 2 is 1.94 bits per heavy atom. The van der Waals surface area contributed by atoms with Crippen LogP contribution in [0.15, 0.2) is 12.4 Å². The fourth-order valence-electron chi connectivity index (χ4n) is 0.936. The van der Waals surface area contributed by atoms with E-state index in [0.29, 0.717) is 5.01 Å². The molecule has 0 aliphatic rings. The molecule has 0 amide bonds. The Hall–Kier alpha value is -1.97. The van der Waals surface area contributed by atoms with E-state index in [1.807, 2.05) is 0 Å². The second kappa shape index (κ2) is 4.13. The molecule has 0 fully saturated rings. The van der Waals surface area contributed by atoms with Gasteiger partial charge in [-0.2, -0.15) is 0 Å². The first-order valence-corrected chi connectivity index (χ1v) is 4.93. The van der Waals surface area contributed by atoms with Gasteiger partial charge in [-0.05, 0) is 0 Å². The average molecular weight is 263 g/mol. The minimum absolute atomic E-state index is 0.234. The fourth-order valence-corrected chi connectivity index (χ4v) is 1.51. The van der Waals surface area contributed by atoms with Gasteiger partial charge in [-0.15, -0.1) is 23.4 Å². The molecule has 0 saturated heterocycles. The van der Waals surface area contributed by atoms with Gasteiger partial charge in [0, 0.05) is 0 Å². The summed E-state index contributed by atoms with van der Waals surface area (Å²) in [6.07, 6.45) is -2.84. The normalized spacial score (nSPS) is 11.5. The number of hydrogen-bond donors (Lipinski definition) is 1. The molecule has 0 atom stereocenters. The second-order valence-corrected chi connectivity index (χ2v) is 3.74. The van der Waals surface area contributed by atoms with Crippen molar-refractivity contribution >= 4 is 16.5 Å². The molecule has 0 bridgehead atoms. The summed E-state index contributed by atoms with van der Waals surface area (Å²) in [5, 5.41) is 7.81. The van der Waals surface area contributed by atoms with Crippen molar-refractivity contribution in [2.75, 3.05) is 5.73 Å². The van der Waals surface area contributed by atoms with E-state index in [1.54, 1.807) is 0 Å². The lowest BCUT2D eigenvalue weighted by Gasteiger charge is -2.06. The van der Waals surface area contributed by atoms with Crippen LogP contribution in [-0.2, 0) is 0 Å². The van der Waals surface area contributed by atoms with Crippen LogP contribution in [-0.4, -0.2) is 26.5 Å². The summed E-state index contributed by atoms with van der Waals surface area (Å²) in [5.74, 6) is -0.640. The van der Waals surface area contributed by atoms with E-state index in [1.165, 1.54) is 0 Å². The van der Waals surface area contributed by atoms with Gasteiger partial charge in [0.2, 0.25) is 11.0 Å². The minimum Gasteiger partial charge on any atom is -0.386 e. The Kier molecular flexibility index (Phi) is 2.79. The molecule has 0 aliphatic carbocycles. The number of ether oxygens (including phenoxy) is 1. The first kappa shape index (κ1) is 11.5. The Morgan fingerprint density at radius 1 is 1.18 bits per heavy atom. The lowest BCUT2D eigenvalue weighted by Crippen LogP contribution is -2.18. The smallest absolute Gasteiger partial charge is 0.386 e. The van der Waals surface area contributed by atoms with Crippen molar-refractivity contribution in [1.29, 1.82) is 0 Å². The molecule has 0 spiro atoms. The van der Waals surface area contributed by atoms with Gasteiger partial charge >= 0.3 is 6.36 Å². The zero-order valence-electron chi connectivity index (χ0n) is 7.97. The van der Waals surface area contributed by atoms with E-state index in [9.17, 15) is 13.2 Å². The predicted molar refractivity (Wildman–Crippen MR) is 52.0 cm³/mol. The quantitative estimate of drug-likeness (QED) is 0.882. The van der Waals surface area contributed by atoms with Crippen LogP contribution in [0, 0.1) is 0 Å². The molecule has 10 heteroatoms. The standard InChI is InChI=1S/C7H4F3N5OS/c8-7(9,10)16-4-2-12-3(1-13-4)5-14-15-6(11)17-5/h1-2H,(H2,11,15). The number of halogens is 3. The minimum atomic E-state index is -4.79. The molecule has 6 nitrogen and oxygen atoms in total. The third-order valence-electron chi connectivity index (χ3n) is 1.51. The molecule has 0 radical (unpaired) electrons. The van der Waals surface area contributed by atoms with E-state index in [4.69, 9.17) is 5.73 Å². The van der Waals surface area contributed by atoms with Gasteiger partial charge in [0.1, 0.15) is 5.69 Å². The van der Waals surface area contributed by atoms with Gasteiger partial charge in [0.05, 0.1) is 12.4 Å². The van der Waals surface area contributed by atoms with E-state index in [0.717, 1.165) is 23.7 Å². The van der Waals surface area contributed by atoms with Gasteiger partial charge < -0.3 is 10.5 Å². The molecule has 17 heavy (non-hydrogen) atoms. The number of alkyl halides is 3. The van der Waals surface area contributed by atoms with E-state index < -0.39 is 12.2 Å². The number of rotatable bonds is 2.